The minimum atomic E-state index is -0.714. The fourth-order valence-corrected chi connectivity index (χ4v) is 6.99. The molecule has 0 aliphatic carbocycles. The van der Waals surface area contributed by atoms with E-state index in [0.29, 0.717) is 13.2 Å². The number of halogens is 1. The zero-order chi connectivity index (χ0) is 16.3. The van der Waals surface area contributed by atoms with E-state index >= 15 is 0 Å². The number of alkyl halides is 2. The van der Waals surface area contributed by atoms with E-state index in [2.05, 4.69) is 47.1 Å². The van der Waals surface area contributed by atoms with Gasteiger partial charge in [0.05, 0.1) is 0 Å². The number of rotatable bonds is 9. The van der Waals surface area contributed by atoms with Gasteiger partial charge in [-0.2, -0.15) is 0 Å². The molecular formula is C19H29INO2+. The van der Waals surface area contributed by atoms with Crippen LogP contribution >= 0.6 is 19.8 Å². The molecule has 0 fully saturated rings. The Balaban J connectivity index is 1.53. The van der Waals surface area contributed by atoms with Crippen molar-refractivity contribution in [3.05, 3.63) is 40.1 Å². The molecule has 1 aliphatic rings. The number of hydrogen-bond donors (Lipinski definition) is 0. The van der Waals surface area contributed by atoms with Crippen LogP contribution in [0.15, 0.2) is 34.5 Å². The molecule has 0 spiro atoms. The van der Waals surface area contributed by atoms with E-state index in [-0.39, 0.29) is 0 Å². The van der Waals surface area contributed by atoms with Crippen molar-refractivity contribution < 1.29 is 14.0 Å². The summed E-state index contributed by atoms with van der Waals surface area (Å²) in [6.45, 7) is 7.59. The zero-order valence-electron chi connectivity index (χ0n) is 14.3. The summed E-state index contributed by atoms with van der Waals surface area (Å²) in [6, 6.07) is 8.12. The van der Waals surface area contributed by atoms with Gasteiger partial charge in [-0.05, 0) is 6.92 Å². The predicted octanol–water partition coefficient (Wildman–Crippen LogP) is 4.27. The maximum absolute atomic E-state index is 5.64. The number of benzene rings is 1. The van der Waals surface area contributed by atoms with E-state index in [9.17, 15) is 0 Å². The first-order chi connectivity index (χ1) is 11.3. The summed E-state index contributed by atoms with van der Waals surface area (Å²) < 4.78 is 19.0. The second kappa shape index (κ2) is 10.8. The molecule has 1 aromatic carbocycles. The van der Waals surface area contributed by atoms with Crippen LogP contribution in [0.4, 0.5) is 0 Å². The average Bonchev–Trinajstić information content (AvgIpc) is 2.57. The van der Waals surface area contributed by atoms with Gasteiger partial charge in [0.15, 0.2) is 0 Å². The summed E-state index contributed by atoms with van der Waals surface area (Å²) in [7, 11) is 0. The third-order valence-electron chi connectivity index (χ3n) is 3.59. The molecule has 0 amide bonds. The van der Waals surface area contributed by atoms with Gasteiger partial charge in [0.1, 0.15) is 0 Å². The molecule has 3 nitrogen and oxygen atoms in total. The molecule has 1 heterocycles. The summed E-state index contributed by atoms with van der Waals surface area (Å²) in [5, 5.41) is 0. The van der Waals surface area contributed by atoms with Crippen molar-refractivity contribution in [3.8, 4) is 5.75 Å². The standard InChI is InChI=1S/C19H29INO2/c1-3-9-20-10-13-21(14-11-20)12-4-15-22-16-17-23-19-7-5-18(2)6-8-19/h5-8,10,12-13H,3-4,9,11,14-17H2,1-2H3/q+1. The minimum absolute atomic E-state index is 0.609. The van der Waals surface area contributed by atoms with Crippen LogP contribution in [0, 0.1) is 6.92 Å². The zero-order valence-corrected chi connectivity index (χ0v) is 16.5. The molecule has 0 radical (unpaired) electrons. The van der Waals surface area contributed by atoms with E-state index in [1.54, 1.807) is 0 Å². The Hall–Kier alpha value is -0.880. The second-order valence-electron chi connectivity index (χ2n) is 5.63. The van der Waals surface area contributed by atoms with Crippen LogP contribution in [0.25, 0.3) is 0 Å². The quantitative estimate of drug-likeness (QED) is 0.253. The molecule has 1 aliphatic heterocycles. The Morgan fingerprint density at radius 2 is 2.00 bits per heavy atom. The summed E-state index contributed by atoms with van der Waals surface area (Å²) in [6.07, 6.45) is 6.87. The number of ether oxygens (including phenoxy) is 2. The SMILES string of the molecule is CCCI1C=C[N+](=CCCOCCOc2ccc(C)cc2)CC1. The molecule has 0 aromatic heterocycles. The van der Waals surface area contributed by atoms with Crippen molar-refractivity contribution >= 4 is 26.0 Å². The van der Waals surface area contributed by atoms with E-state index in [0.717, 1.165) is 18.8 Å². The molecule has 0 unspecified atom stereocenters. The van der Waals surface area contributed by atoms with Crippen molar-refractivity contribution in [2.24, 2.45) is 0 Å². The van der Waals surface area contributed by atoms with E-state index in [4.69, 9.17) is 9.47 Å². The first-order valence-corrected chi connectivity index (χ1v) is 12.7. The van der Waals surface area contributed by atoms with Crippen molar-refractivity contribution in [1.82, 2.24) is 0 Å². The first-order valence-electron chi connectivity index (χ1n) is 8.43. The van der Waals surface area contributed by atoms with E-state index in [1.165, 1.54) is 27.4 Å². The van der Waals surface area contributed by atoms with Gasteiger partial charge >= 0.3 is 123 Å². The van der Waals surface area contributed by atoms with Crippen molar-refractivity contribution in [1.29, 1.82) is 0 Å². The Labute approximate surface area is 147 Å². The molecule has 0 N–H and O–H groups in total. The van der Waals surface area contributed by atoms with Gasteiger partial charge in [0.2, 0.25) is 0 Å². The molecular weight excluding hydrogens is 401 g/mol. The van der Waals surface area contributed by atoms with Crippen LogP contribution in [0.3, 0.4) is 0 Å². The van der Waals surface area contributed by atoms with Gasteiger partial charge in [-0.1, -0.05) is 17.7 Å². The van der Waals surface area contributed by atoms with Crippen molar-refractivity contribution in [3.63, 3.8) is 0 Å². The third-order valence-corrected chi connectivity index (χ3v) is 9.26. The van der Waals surface area contributed by atoms with Crippen LogP contribution < -0.4 is 4.74 Å². The fourth-order valence-electron chi connectivity index (χ4n) is 2.30. The van der Waals surface area contributed by atoms with Crippen LogP contribution in [-0.4, -0.2) is 46.0 Å². The molecule has 0 bridgehead atoms. The maximum atomic E-state index is 5.64. The number of nitrogens with zero attached hydrogens (tertiary/aromatic N) is 1. The third kappa shape index (κ3) is 7.48. The van der Waals surface area contributed by atoms with E-state index < -0.39 is 19.8 Å². The monoisotopic (exact) mass is 430 g/mol. The van der Waals surface area contributed by atoms with Crippen molar-refractivity contribution in [2.75, 3.05) is 35.2 Å². The second-order valence-corrected chi connectivity index (χ2v) is 11.4. The van der Waals surface area contributed by atoms with Crippen LogP contribution in [0.1, 0.15) is 25.3 Å². The fraction of sp³-hybridized carbons (Fsp3) is 0.526. The topological polar surface area (TPSA) is 21.5 Å². The van der Waals surface area contributed by atoms with Crippen LogP contribution in [0.2, 0.25) is 0 Å². The average molecular weight is 430 g/mol. The molecule has 2 rings (SSSR count). The van der Waals surface area contributed by atoms with E-state index in [1.807, 2.05) is 12.1 Å². The van der Waals surface area contributed by atoms with Gasteiger partial charge in [0.25, 0.3) is 0 Å². The normalized spacial score (nSPS) is 17.7. The van der Waals surface area contributed by atoms with Crippen LogP contribution in [0.5, 0.6) is 5.75 Å². The van der Waals surface area contributed by atoms with Gasteiger partial charge in [-0.15, -0.1) is 0 Å². The van der Waals surface area contributed by atoms with Gasteiger partial charge in [-0.25, -0.2) is 0 Å². The molecule has 0 saturated heterocycles. The van der Waals surface area contributed by atoms with Gasteiger partial charge in [0, 0.05) is 0 Å². The van der Waals surface area contributed by atoms with Crippen molar-refractivity contribution in [2.45, 2.75) is 26.7 Å². The Morgan fingerprint density at radius 1 is 1.17 bits per heavy atom. The van der Waals surface area contributed by atoms with Gasteiger partial charge < -0.3 is 0 Å². The Morgan fingerprint density at radius 3 is 2.70 bits per heavy atom. The Kier molecular flexibility index (Phi) is 8.68. The van der Waals surface area contributed by atoms with Crippen LogP contribution in [-0.2, 0) is 4.74 Å². The molecule has 1 aromatic rings. The molecule has 0 saturated carbocycles. The summed E-state index contributed by atoms with van der Waals surface area (Å²) in [5.74, 6) is 0.913. The molecule has 128 valence electrons. The molecule has 0 atom stereocenters. The number of hydrogen-bond acceptors (Lipinski definition) is 2. The molecule has 4 heteroatoms. The molecule has 23 heavy (non-hydrogen) atoms. The van der Waals surface area contributed by atoms with Gasteiger partial charge in [-0.3, -0.25) is 0 Å². The number of aryl methyl sites for hydroxylation is 1. The first kappa shape index (κ1) is 18.5. The summed E-state index contributed by atoms with van der Waals surface area (Å²) in [4.78, 5) is 0. The Bertz CT molecular complexity index is 511. The summed E-state index contributed by atoms with van der Waals surface area (Å²) in [5.41, 5.74) is 1.25. The predicted molar refractivity (Wildman–Crippen MR) is 106 cm³/mol. The summed E-state index contributed by atoms with van der Waals surface area (Å²) >= 11 is -0.714.